The highest BCUT2D eigenvalue weighted by atomic mass is 16.2. The van der Waals surface area contributed by atoms with E-state index in [4.69, 9.17) is 0 Å². The number of carbonyl (C=O) groups excluding carboxylic acids is 3. The van der Waals surface area contributed by atoms with Crippen LogP contribution in [0.3, 0.4) is 0 Å². The Kier molecular flexibility index (Phi) is 6.16. The smallest absolute Gasteiger partial charge is 0.295 e. The Morgan fingerprint density at radius 2 is 1.61 bits per heavy atom. The van der Waals surface area contributed by atoms with Gasteiger partial charge in [0, 0.05) is 30.2 Å². The van der Waals surface area contributed by atoms with Crippen molar-refractivity contribution in [1.29, 1.82) is 0 Å². The van der Waals surface area contributed by atoms with E-state index in [0.29, 0.717) is 24.0 Å². The number of hydrogen-bond donors (Lipinski definition) is 1. The largest absolute Gasteiger partial charge is 0.348 e. The molecular weight excluding hydrogens is 390 g/mol. The number of hydrogen-bond acceptors (Lipinski definition) is 3. The fourth-order valence-electron chi connectivity index (χ4n) is 4.18. The normalized spacial score (nSPS) is 14.9. The average Bonchev–Trinajstić information content (AvgIpc) is 3.17. The standard InChI is InChI=1S/C25H27N3O3/c1-18(19-10-4-2-5-11-19)26-23(29)17-28-16-21(20-12-6-7-13-22(20)28)24(30)25(31)27-14-8-3-9-15-27/h2,4-7,10-13,16,18H,3,8-9,14-15,17H2,1H3,(H,26,29)/t18-/m1/s1. The van der Waals surface area contributed by atoms with E-state index in [-0.39, 0.29) is 18.5 Å². The Bertz CT molecular complexity index is 1100. The summed E-state index contributed by atoms with van der Waals surface area (Å²) >= 11 is 0. The first-order valence-corrected chi connectivity index (χ1v) is 10.8. The topological polar surface area (TPSA) is 71.4 Å². The summed E-state index contributed by atoms with van der Waals surface area (Å²) in [5.74, 6) is -1.11. The summed E-state index contributed by atoms with van der Waals surface area (Å²) < 4.78 is 1.75. The van der Waals surface area contributed by atoms with Crippen LogP contribution >= 0.6 is 0 Å². The van der Waals surface area contributed by atoms with Gasteiger partial charge in [-0.15, -0.1) is 0 Å². The van der Waals surface area contributed by atoms with Crippen LogP contribution in [0.4, 0.5) is 0 Å². The summed E-state index contributed by atoms with van der Waals surface area (Å²) in [5.41, 5.74) is 2.14. The van der Waals surface area contributed by atoms with Gasteiger partial charge in [0.1, 0.15) is 6.54 Å². The number of likely N-dealkylation sites (tertiary alicyclic amines) is 1. The third-order valence-electron chi connectivity index (χ3n) is 5.86. The third kappa shape index (κ3) is 4.53. The zero-order chi connectivity index (χ0) is 21.8. The molecule has 2 heterocycles. The summed E-state index contributed by atoms with van der Waals surface area (Å²) in [7, 11) is 0. The van der Waals surface area contributed by atoms with E-state index in [9.17, 15) is 14.4 Å². The van der Waals surface area contributed by atoms with Gasteiger partial charge in [0.05, 0.1) is 11.6 Å². The molecule has 6 heteroatoms. The van der Waals surface area contributed by atoms with Crippen LogP contribution in [0.1, 0.15) is 48.1 Å². The minimum atomic E-state index is -0.505. The fraction of sp³-hybridized carbons (Fsp3) is 0.320. The Balaban J connectivity index is 1.54. The molecule has 0 bridgehead atoms. The molecule has 0 aliphatic carbocycles. The van der Waals surface area contributed by atoms with Gasteiger partial charge in [0.25, 0.3) is 11.7 Å². The number of amides is 2. The lowest BCUT2D eigenvalue weighted by molar-refractivity contribution is -0.127. The van der Waals surface area contributed by atoms with E-state index in [1.165, 1.54) is 0 Å². The van der Waals surface area contributed by atoms with Crippen molar-refractivity contribution in [3.8, 4) is 0 Å². The van der Waals surface area contributed by atoms with Crippen LogP contribution in [0.2, 0.25) is 0 Å². The lowest BCUT2D eigenvalue weighted by Crippen LogP contribution is -2.40. The Morgan fingerprint density at radius 3 is 2.35 bits per heavy atom. The number of ketones is 1. The summed E-state index contributed by atoms with van der Waals surface area (Å²) in [4.78, 5) is 40.1. The van der Waals surface area contributed by atoms with Crippen molar-refractivity contribution < 1.29 is 14.4 Å². The zero-order valence-corrected chi connectivity index (χ0v) is 17.7. The molecule has 1 aromatic heterocycles. The molecule has 2 amide bonds. The van der Waals surface area contributed by atoms with Crippen molar-refractivity contribution in [2.24, 2.45) is 0 Å². The van der Waals surface area contributed by atoms with Gasteiger partial charge in [0.15, 0.2) is 0 Å². The molecule has 1 saturated heterocycles. The van der Waals surface area contributed by atoms with Crippen LogP contribution in [0.5, 0.6) is 0 Å². The molecule has 4 rings (SSSR count). The molecule has 1 atom stereocenters. The molecular formula is C25H27N3O3. The van der Waals surface area contributed by atoms with E-state index in [2.05, 4.69) is 5.32 Å². The fourth-order valence-corrected chi connectivity index (χ4v) is 4.18. The Hall–Kier alpha value is -3.41. The Morgan fingerprint density at radius 1 is 0.935 bits per heavy atom. The number of nitrogens with zero attached hydrogens (tertiary/aromatic N) is 2. The lowest BCUT2D eigenvalue weighted by atomic mass is 10.1. The molecule has 0 radical (unpaired) electrons. The molecule has 0 unspecified atom stereocenters. The van der Waals surface area contributed by atoms with E-state index in [1.807, 2.05) is 61.5 Å². The lowest BCUT2D eigenvalue weighted by Gasteiger charge is -2.25. The van der Waals surface area contributed by atoms with Crippen LogP contribution in [0.15, 0.2) is 60.8 Å². The molecule has 31 heavy (non-hydrogen) atoms. The second-order valence-corrected chi connectivity index (χ2v) is 8.07. The quantitative estimate of drug-likeness (QED) is 0.491. The molecule has 0 spiro atoms. The van der Waals surface area contributed by atoms with Gasteiger partial charge >= 0.3 is 0 Å². The van der Waals surface area contributed by atoms with Crippen LogP contribution in [-0.2, 0) is 16.1 Å². The number of Topliss-reactive ketones (excluding diaryl/α,β-unsaturated/α-hetero) is 1. The number of fused-ring (bicyclic) bond motifs is 1. The first kappa shape index (κ1) is 20.8. The molecule has 1 N–H and O–H groups in total. The van der Waals surface area contributed by atoms with Gasteiger partial charge in [-0.1, -0.05) is 48.5 Å². The first-order valence-electron chi connectivity index (χ1n) is 10.8. The van der Waals surface area contributed by atoms with Crippen LogP contribution in [0, 0.1) is 0 Å². The summed E-state index contributed by atoms with van der Waals surface area (Å²) in [6.45, 7) is 3.27. The SMILES string of the molecule is C[C@@H](NC(=O)Cn1cc(C(=O)C(=O)N2CCCCC2)c2ccccc21)c1ccccc1. The Labute approximate surface area is 181 Å². The number of piperidine rings is 1. The van der Waals surface area contributed by atoms with E-state index >= 15 is 0 Å². The van der Waals surface area contributed by atoms with Crippen LogP contribution < -0.4 is 5.32 Å². The monoisotopic (exact) mass is 417 g/mol. The maximum atomic E-state index is 13.0. The van der Waals surface area contributed by atoms with Crippen molar-refractivity contribution in [1.82, 2.24) is 14.8 Å². The average molecular weight is 418 g/mol. The minimum Gasteiger partial charge on any atom is -0.348 e. The van der Waals surface area contributed by atoms with Gasteiger partial charge in [-0.2, -0.15) is 0 Å². The molecule has 1 aliphatic heterocycles. The zero-order valence-electron chi connectivity index (χ0n) is 17.7. The first-order chi connectivity index (χ1) is 15.0. The second-order valence-electron chi connectivity index (χ2n) is 8.07. The van der Waals surface area contributed by atoms with Crippen molar-refractivity contribution >= 4 is 28.5 Å². The summed E-state index contributed by atoms with van der Waals surface area (Å²) in [5, 5.41) is 3.70. The van der Waals surface area contributed by atoms with Crippen LogP contribution in [0.25, 0.3) is 10.9 Å². The third-order valence-corrected chi connectivity index (χ3v) is 5.86. The van der Waals surface area contributed by atoms with E-state index in [0.717, 1.165) is 30.3 Å². The molecule has 1 fully saturated rings. The van der Waals surface area contributed by atoms with Crippen molar-refractivity contribution in [2.75, 3.05) is 13.1 Å². The summed E-state index contributed by atoms with van der Waals surface area (Å²) in [6.07, 6.45) is 4.59. The number of carbonyl (C=O) groups is 3. The van der Waals surface area contributed by atoms with Crippen molar-refractivity contribution in [2.45, 2.75) is 38.8 Å². The molecule has 0 saturated carbocycles. The number of aromatic nitrogens is 1. The highest BCUT2D eigenvalue weighted by Gasteiger charge is 2.27. The highest BCUT2D eigenvalue weighted by Crippen LogP contribution is 2.23. The molecule has 3 aromatic rings. The highest BCUT2D eigenvalue weighted by molar-refractivity contribution is 6.44. The van der Waals surface area contributed by atoms with E-state index < -0.39 is 11.7 Å². The maximum Gasteiger partial charge on any atom is 0.295 e. The molecule has 160 valence electrons. The number of rotatable bonds is 6. The van der Waals surface area contributed by atoms with Crippen molar-refractivity contribution in [3.63, 3.8) is 0 Å². The number of benzene rings is 2. The van der Waals surface area contributed by atoms with Gasteiger partial charge in [-0.25, -0.2) is 0 Å². The predicted octanol–water partition coefficient (Wildman–Crippen LogP) is 3.71. The van der Waals surface area contributed by atoms with Gasteiger partial charge in [0.2, 0.25) is 5.91 Å². The van der Waals surface area contributed by atoms with Crippen LogP contribution in [-0.4, -0.2) is 40.2 Å². The second kappa shape index (κ2) is 9.16. The minimum absolute atomic E-state index is 0.0723. The maximum absolute atomic E-state index is 13.0. The van der Waals surface area contributed by atoms with Gasteiger partial charge in [-0.05, 0) is 37.8 Å². The number of nitrogens with one attached hydrogen (secondary N) is 1. The molecule has 1 aliphatic rings. The van der Waals surface area contributed by atoms with E-state index in [1.54, 1.807) is 15.7 Å². The number of para-hydroxylation sites is 1. The summed E-state index contributed by atoms with van der Waals surface area (Å²) in [6, 6.07) is 17.0. The predicted molar refractivity (Wildman–Crippen MR) is 120 cm³/mol. The van der Waals surface area contributed by atoms with Gasteiger partial charge in [-0.3, -0.25) is 14.4 Å². The molecule has 2 aromatic carbocycles. The van der Waals surface area contributed by atoms with Gasteiger partial charge < -0.3 is 14.8 Å². The van der Waals surface area contributed by atoms with Crippen molar-refractivity contribution in [3.05, 3.63) is 71.9 Å². The molecule has 6 nitrogen and oxygen atoms in total.